The molecule has 86 valence electrons. The lowest BCUT2D eigenvalue weighted by atomic mass is 9.82. The first-order valence-corrected chi connectivity index (χ1v) is 6.36. The quantitative estimate of drug-likeness (QED) is 0.649. The van der Waals surface area contributed by atoms with E-state index < -0.39 is 0 Å². The zero-order valence-electron chi connectivity index (χ0n) is 10.0. The van der Waals surface area contributed by atoms with Crippen molar-refractivity contribution in [1.82, 2.24) is 0 Å². The minimum Gasteiger partial charge on any atom is -0.252 e. The van der Waals surface area contributed by atoms with Crippen molar-refractivity contribution in [3.8, 4) is 0 Å². The maximum Gasteiger partial charge on any atom is 0.0665 e. The molecule has 0 saturated heterocycles. The van der Waals surface area contributed by atoms with Crippen LogP contribution in [-0.2, 0) is 6.42 Å². The second kappa shape index (κ2) is 3.67. The Morgan fingerprint density at radius 2 is 1.78 bits per heavy atom. The SMILES string of the molecule is C1=CC2Cc3ccccc3N=C2c2ccccc21. The normalized spacial score (nSPS) is 19.6. The fourth-order valence-electron chi connectivity index (χ4n) is 2.85. The smallest absolute Gasteiger partial charge is 0.0665 e. The van der Waals surface area contributed by atoms with E-state index >= 15 is 0 Å². The van der Waals surface area contributed by atoms with Crippen LogP contribution in [0.4, 0.5) is 5.69 Å². The molecule has 1 nitrogen and oxygen atoms in total. The van der Waals surface area contributed by atoms with E-state index in [1.54, 1.807) is 0 Å². The lowest BCUT2D eigenvalue weighted by Gasteiger charge is -2.26. The molecule has 1 heterocycles. The number of nitrogens with zero attached hydrogens (tertiary/aromatic N) is 1. The number of fused-ring (bicyclic) bond motifs is 4. The van der Waals surface area contributed by atoms with E-state index in [1.165, 1.54) is 22.4 Å². The molecule has 0 spiro atoms. The summed E-state index contributed by atoms with van der Waals surface area (Å²) >= 11 is 0. The Bertz CT molecular complexity index is 680. The van der Waals surface area contributed by atoms with Gasteiger partial charge in [-0.25, -0.2) is 0 Å². The van der Waals surface area contributed by atoms with Crippen molar-refractivity contribution in [2.45, 2.75) is 6.42 Å². The number of benzene rings is 2. The van der Waals surface area contributed by atoms with Crippen molar-refractivity contribution in [2.75, 3.05) is 0 Å². The van der Waals surface area contributed by atoms with Gasteiger partial charge < -0.3 is 0 Å². The minimum absolute atomic E-state index is 0.440. The molecule has 0 fully saturated rings. The van der Waals surface area contributed by atoms with Crippen molar-refractivity contribution in [3.05, 3.63) is 71.3 Å². The van der Waals surface area contributed by atoms with Crippen molar-refractivity contribution >= 4 is 17.5 Å². The van der Waals surface area contributed by atoms with Gasteiger partial charge in [0.15, 0.2) is 0 Å². The van der Waals surface area contributed by atoms with Crippen LogP contribution in [0, 0.1) is 5.92 Å². The van der Waals surface area contributed by atoms with Gasteiger partial charge in [-0.3, -0.25) is 4.99 Å². The Labute approximate surface area is 107 Å². The molecule has 0 radical (unpaired) electrons. The van der Waals surface area contributed by atoms with Crippen LogP contribution >= 0.6 is 0 Å². The van der Waals surface area contributed by atoms with Gasteiger partial charge in [0.2, 0.25) is 0 Å². The maximum atomic E-state index is 4.87. The molecule has 0 saturated carbocycles. The average molecular weight is 231 g/mol. The number of aliphatic imine (C=N–C) groups is 1. The zero-order chi connectivity index (χ0) is 11.9. The predicted octanol–water partition coefficient (Wildman–Crippen LogP) is 4.01. The molecule has 0 N–H and O–H groups in total. The Balaban J connectivity index is 1.95. The largest absolute Gasteiger partial charge is 0.252 e. The summed E-state index contributed by atoms with van der Waals surface area (Å²) in [6.45, 7) is 0. The average Bonchev–Trinajstić information content (AvgIpc) is 2.45. The number of para-hydroxylation sites is 1. The second-order valence-electron chi connectivity index (χ2n) is 4.88. The van der Waals surface area contributed by atoms with E-state index in [1.807, 2.05) is 0 Å². The summed E-state index contributed by atoms with van der Waals surface area (Å²) in [6, 6.07) is 17.0. The van der Waals surface area contributed by atoms with Gasteiger partial charge in [-0.15, -0.1) is 0 Å². The second-order valence-corrected chi connectivity index (χ2v) is 4.88. The van der Waals surface area contributed by atoms with E-state index in [0.717, 1.165) is 12.1 Å². The van der Waals surface area contributed by atoms with Crippen LogP contribution in [0.1, 0.15) is 16.7 Å². The first-order valence-electron chi connectivity index (χ1n) is 6.36. The van der Waals surface area contributed by atoms with Crippen molar-refractivity contribution in [1.29, 1.82) is 0 Å². The summed E-state index contributed by atoms with van der Waals surface area (Å²) < 4.78 is 0. The van der Waals surface area contributed by atoms with Crippen molar-refractivity contribution < 1.29 is 0 Å². The highest BCUT2D eigenvalue weighted by Gasteiger charge is 2.25. The summed E-state index contributed by atoms with van der Waals surface area (Å²) in [4.78, 5) is 4.87. The Morgan fingerprint density at radius 3 is 2.78 bits per heavy atom. The molecule has 2 aliphatic rings. The molecule has 1 atom stereocenters. The number of hydrogen-bond donors (Lipinski definition) is 0. The Morgan fingerprint density at radius 1 is 0.944 bits per heavy atom. The van der Waals surface area contributed by atoms with E-state index in [9.17, 15) is 0 Å². The molecule has 4 rings (SSSR count). The first-order chi connectivity index (χ1) is 8.92. The van der Waals surface area contributed by atoms with Gasteiger partial charge in [0, 0.05) is 11.5 Å². The fraction of sp³-hybridized carbons (Fsp3) is 0.118. The summed E-state index contributed by atoms with van der Waals surface area (Å²) in [5, 5.41) is 0. The standard InChI is InChI=1S/C17H13N/c1-3-7-15-12(5-1)9-10-14-11-13-6-2-4-8-16(13)18-17(14)15/h1-10,14H,11H2. The van der Waals surface area contributed by atoms with Gasteiger partial charge in [0.1, 0.15) is 0 Å². The summed E-state index contributed by atoms with van der Waals surface area (Å²) in [7, 11) is 0. The highest BCUT2D eigenvalue weighted by molar-refractivity contribution is 6.10. The molecule has 2 aromatic carbocycles. The van der Waals surface area contributed by atoms with Crippen molar-refractivity contribution in [3.63, 3.8) is 0 Å². The third-order valence-corrected chi connectivity index (χ3v) is 3.77. The van der Waals surface area contributed by atoms with Crippen LogP contribution in [0.15, 0.2) is 59.6 Å². The van der Waals surface area contributed by atoms with Gasteiger partial charge in [-0.2, -0.15) is 0 Å². The van der Waals surface area contributed by atoms with E-state index in [0.29, 0.717) is 5.92 Å². The molecule has 0 bridgehead atoms. The summed E-state index contributed by atoms with van der Waals surface area (Å²) in [5.74, 6) is 0.440. The topological polar surface area (TPSA) is 12.4 Å². The zero-order valence-corrected chi connectivity index (χ0v) is 10.0. The lowest BCUT2D eigenvalue weighted by Crippen LogP contribution is -2.22. The van der Waals surface area contributed by atoms with Gasteiger partial charge in [0.05, 0.1) is 11.4 Å². The fourth-order valence-corrected chi connectivity index (χ4v) is 2.85. The molecule has 0 aromatic heterocycles. The van der Waals surface area contributed by atoms with Crippen LogP contribution < -0.4 is 0 Å². The minimum atomic E-state index is 0.440. The molecular formula is C17H13N. The van der Waals surface area contributed by atoms with Gasteiger partial charge in [-0.05, 0) is 23.6 Å². The van der Waals surface area contributed by atoms with Crippen LogP contribution in [0.2, 0.25) is 0 Å². The molecule has 1 heteroatoms. The van der Waals surface area contributed by atoms with E-state index in [2.05, 4.69) is 60.7 Å². The first kappa shape index (κ1) is 9.84. The predicted molar refractivity (Wildman–Crippen MR) is 75.3 cm³/mol. The van der Waals surface area contributed by atoms with Crippen LogP contribution in [-0.4, -0.2) is 5.71 Å². The molecule has 18 heavy (non-hydrogen) atoms. The number of hydrogen-bond acceptors (Lipinski definition) is 1. The van der Waals surface area contributed by atoms with E-state index in [4.69, 9.17) is 4.99 Å². The highest BCUT2D eigenvalue weighted by atomic mass is 14.8. The lowest BCUT2D eigenvalue weighted by molar-refractivity contribution is 0.831. The number of rotatable bonds is 0. The van der Waals surface area contributed by atoms with Gasteiger partial charge >= 0.3 is 0 Å². The molecule has 1 unspecified atom stereocenters. The van der Waals surface area contributed by atoms with Crippen LogP contribution in [0.3, 0.4) is 0 Å². The summed E-state index contributed by atoms with van der Waals surface area (Å²) in [5.41, 5.74) is 6.29. The third kappa shape index (κ3) is 1.37. The monoisotopic (exact) mass is 231 g/mol. The Kier molecular flexibility index (Phi) is 2.01. The molecular weight excluding hydrogens is 218 g/mol. The molecule has 1 aliphatic carbocycles. The van der Waals surface area contributed by atoms with Gasteiger partial charge in [-0.1, -0.05) is 54.6 Å². The van der Waals surface area contributed by atoms with Crippen LogP contribution in [0.5, 0.6) is 0 Å². The molecule has 0 amide bonds. The Hall–Kier alpha value is -2.15. The van der Waals surface area contributed by atoms with Crippen molar-refractivity contribution in [2.24, 2.45) is 10.9 Å². The van der Waals surface area contributed by atoms with E-state index in [-0.39, 0.29) is 0 Å². The summed E-state index contributed by atoms with van der Waals surface area (Å²) in [6.07, 6.45) is 5.59. The maximum absolute atomic E-state index is 4.87. The molecule has 1 aliphatic heterocycles. The highest BCUT2D eigenvalue weighted by Crippen LogP contribution is 2.34. The van der Waals surface area contributed by atoms with Crippen LogP contribution in [0.25, 0.3) is 6.08 Å². The number of allylic oxidation sites excluding steroid dienone is 1. The third-order valence-electron chi connectivity index (χ3n) is 3.77. The molecule has 2 aromatic rings. The van der Waals surface area contributed by atoms with Gasteiger partial charge in [0.25, 0.3) is 0 Å².